The van der Waals surface area contributed by atoms with Gasteiger partial charge in [0.2, 0.25) is 11.3 Å². The molecule has 0 bridgehead atoms. The first-order chi connectivity index (χ1) is 20.9. The molecule has 1 aliphatic heterocycles. The van der Waals surface area contributed by atoms with Crippen LogP contribution in [-0.2, 0) is 32.0 Å². The molecular weight excluding hydrogens is 630 g/mol. The van der Waals surface area contributed by atoms with Crippen LogP contribution in [-0.4, -0.2) is 59.7 Å². The van der Waals surface area contributed by atoms with Crippen molar-refractivity contribution >= 4 is 46.3 Å². The number of nitrogens with zero attached hydrogens (tertiary/aromatic N) is 2. The summed E-state index contributed by atoms with van der Waals surface area (Å²) in [6.45, 7) is 5.42. The lowest BCUT2D eigenvalue weighted by atomic mass is 9.87. The third-order valence-electron chi connectivity index (χ3n) is 7.84. The molecule has 0 radical (unpaired) electrons. The highest BCUT2D eigenvalue weighted by molar-refractivity contribution is 7.76. The van der Waals surface area contributed by atoms with Gasteiger partial charge in [-0.3, -0.25) is 14.1 Å². The minimum absolute atomic E-state index is 0.0612. The highest BCUT2D eigenvalue weighted by atomic mass is 35.5. The molecule has 1 amide bonds. The molecule has 0 spiro atoms. The second kappa shape index (κ2) is 14.9. The van der Waals surface area contributed by atoms with E-state index < -0.39 is 65.7 Å². The highest BCUT2D eigenvalue weighted by Crippen LogP contribution is 2.45. The van der Waals surface area contributed by atoms with Crippen LogP contribution in [0.15, 0.2) is 72.8 Å². The largest absolute Gasteiger partial charge is 0.481 e. The lowest BCUT2D eigenvalue weighted by Crippen LogP contribution is -2.59. The molecule has 0 saturated carbocycles. The van der Waals surface area contributed by atoms with Crippen molar-refractivity contribution in [2.45, 2.75) is 63.9 Å². The van der Waals surface area contributed by atoms with Gasteiger partial charge in [-0.05, 0) is 66.3 Å². The van der Waals surface area contributed by atoms with Gasteiger partial charge in [0.05, 0.1) is 12.5 Å². The Balaban J connectivity index is 1.82. The Kier molecular flexibility index (Phi) is 11.6. The number of carbonyl (C=O) groups is 2. The average Bonchev–Trinajstić information content (AvgIpc) is 2.96. The summed E-state index contributed by atoms with van der Waals surface area (Å²) in [4.78, 5) is 27.7. The normalized spacial score (nSPS) is 21.0. The second-order valence-corrected chi connectivity index (χ2v) is 13.0. The number of hydrogen-bond acceptors (Lipinski definition) is 4. The monoisotopic (exact) mass is 664 g/mol. The van der Waals surface area contributed by atoms with Gasteiger partial charge in [0.15, 0.2) is 0 Å². The number of carboxylic acid groups (broad SMARTS) is 1. The molecule has 0 aromatic heterocycles. The molecule has 44 heavy (non-hydrogen) atoms. The van der Waals surface area contributed by atoms with Gasteiger partial charge < -0.3 is 14.7 Å². The lowest BCUT2D eigenvalue weighted by molar-refractivity contribution is -0.185. The number of hydrogen-bond donors (Lipinski definition) is 2. The molecular formula is C32H35Cl2FN2O6S. The van der Waals surface area contributed by atoms with Crippen LogP contribution in [0.3, 0.4) is 0 Å². The van der Waals surface area contributed by atoms with Gasteiger partial charge in [0.25, 0.3) is 5.91 Å². The first kappa shape index (κ1) is 34.0. The van der Waals surface area contributed by atoms with E-state index in [1.54, 1.807) is 78.6 Å². The molecule has 2 N–H and O–H groups in total. The molecule has 12 heteroatoms. The summed E-state index contributed by atoms with van der Waals surface area (Å²) in [6, 6.07) is 18.0. The summed E-state index contributed by atoms with van der Waals surface area (Å²) in [7, 11) is 0. The van der Waals surface area contributed by atoms with Crippen LogP contribution in [0.2, 0.25) is 10.0 Å². The van der Waals surface area contributed by atoms with E-state index in [-0.39, 0.29) is 18.9 Å². The number of amides is 1. The van der Waals surface area contributed by atoms with Crippen molar-refractivity contribution in [2.24, 2.45) is 5.92 Å². The van der Waals surface area contributed by atoms with E-state index in [1.807, 2.05) is 13.8 Å². The van der Waals surface area contributed by atoms with Crippen LogP contribution in [0.5, 0.6) is 0 Å². The van der Waals surface area contributed by atoms with Crippen molar-refractivity contribution in [1.29, 1.82) is 0 Å². The van der Waals surface area contributed by atoms with Gasteiger partial charge in [0, 0.05) is 28.7 Å². The number of rotatable bonds is 12. The first-order valence-electron chi connectivity index (χ1n) is 14.2. The summed E-state index contributed by atoms with van der Waals surface area (Å²) in [5, 5.41) is 10.6. The maximum absolute atomic E-state index is 14.5. The van der Waals surface area contributed by atoms with Crippen molar-refractivity contribution in [3.63, 3.8) is 0 Å². The van der Waals surface area contributed by atoms with Crippen molar-refractivity contribution in [1.82, 2.24) is 9.21 Å². The molecule has 236 valence electrons. The van der Waals surface area contributed by atoms with Gasteiger partial charge in [-0.25, -0.2) is 8.60 Å². The number of benzene rings is 3. The van der Waals surface area contributed by atoms with Crippen LogP contribution in [0.1, 0.15) is 56.0 Å². The molecule has 1 saturated heterocycles. The average molecular weight is 666 g/mol. The Morgan fingerprint density at radius 3 is 2.30 bits per heavy atom. The van der Waals surface area contributed by atoms with E-state index in [9.17, 15) is 27.8 Å². The number of carbonyl (C=O) groups excluding carboxylic acids is 1. The fraction of sp³-hybridized carbons (Fsp3) is 0.375. The molecule has 4 rings (SSSR count). The van der Waals surface area contributed by atoms with E-state index in [2.05, 4.69) is 0 Å². The van der Waals surface area contributed by atoms with E-state index in [1.165, 1.54) is 10.4 Å². The predicted octanol–water partition coefficient (Wildman–Crippen LogP) is 6.71. The van der Waals surface area contributed by atoms with E-state index in [0.717, 1.165) is 0 Å². The molecule has 1 heterocycles. The molecule has 3 aromatic rings. The van der Waals surface area contributed by atoms with Crippen LogP contribution < -0.4 is 0 Å². The van der Waals surface area contributed by atoms with E-state index in [0.29, 0.717) is 26.7 Å². The van der Waals surface area contributed by atoms with Crippen molar-refractivity contribution in [2.75, 3.05) is 6.54 Å². The summed E-state index contributed by atoms with van der Waals surface area (Å²) in [5.41, 5.74) is 1.69. The third kappa shape index (κ3) is 8.04. The van der Waals surface area contributed by atoms with Gasteiger partial charge in [0.1, 0.15) is 18.0 Å². The van der Waals surface area contributed by atoms with Crippen molar-refractivity contribution in [3.8, 4) is 0 Å². The molecule has 0 aliphatic carbocycles. The van der Waals surface area contributed by atoms with Crippen LogP contribution in [0, 0.1) is 11.7 Å². The number of carboxylic acids is 1. The Bertz CT molecular complexity index is 1490. The quantitative estimate of drug-likeness (QED) is 0.208. The minimum atomic E-state index is -2.48. The van der Waals surface area contributed by atoms with Gasteiger partial charge >= 0.3 is 5.97 Å². The molecule has 1 fully saturated rings. The zero-order chi connectivity index (χ0) is 32.1. The summed E-state index contributed by atoms with van der Waals surface area (Å²) in [6.07, 6.45) is -2.59. The number of morpholine rings is 1. The zero-order valence-electron chi connectivity index (χ0n) is 24.5. The first-order valence-corrected chi connectivity index (χ1v) is 16.0. The summed E-state index contributed by atoms with van der Waals surface area (Å²) < 4.78 is 45.3. The smallest absolute Gasteiger partial charge is 0.306 e. The number of aliphatic carboxylic acids is 1. The van der Waals surface area contributed by atoms with Crippen molar-refractivity contribution < 1.29 is 32.6 Å². The molecule has 8 nitrogen and oxygen atoms in total. The highest BCUT2D eigenvalue weighted by Gasteiger charge is 2.48. The second-order valence-electron chi connectivity index (χ2n) is 11.2. The summed E-state index contributed by atoms with van der Waals surface area (Å²) in [5.74, 6) is -2.45. The topological polar surface area (TPSA) is 107 Å². The Hall–Kier alpha value is -2.86. The molecule has 6 atom stereocenters. The molecule has 2 unspecified atom stereocenters. The predicted molar refractivity (Wildman–Crippen MR) is 168 cm³/mol. The van der Waals surface area contributed by atoms with Gasteiger partial charge in [-0.15, -0.1) is 0 Å². The van der Waals surface area contributed by atoms with Crippen LogP contribution in [0.25, 0.3) is 0 Å². The van der Waals surface area contributed by atoms with Crippen LogP contribution in [0.4, 0.5) is 4.39 Å². The number of ether oxygens (including phenoxy) is 1. The van der Waals surface area contributed by atoms with Crippen LogP contribution >= 0.6 is 23.2 Å². The minimum Gasteiger partial charge on any atom is -0.481 e. The lowest BCUT2D eigenvalue weighted by Gasteiger charge is -2.50. The van der Waals surface area contributed by atoms with Crippen molar-refractivity contribution in [3.05, 3.63) is 105 Å². The zero-order valence-corrected chi connectivity index (χ0v) is 26.8. The Labute approximate surface area is 269 Å². The SMILES string of the molecule is CC(C)[C@@H](CN(C(C)Cc1ccccc1F)S(=O)O)N1C(=O)[C@H](CC(=O)O)O[C@H](c2cccc(Cl)c2)[C@H]1c1ccc(Cl)cc1. The third-order valence-corrected chi connectivity index (χ3v) is 9.23. The Morgan fingerprint density at radius 1 is 1.02 bits per heavy atom. The standard InChI is InChI=1S/C32H35Cl2FN2O6S/c1-19(2)27(18-36(44(41)42)20(3)15-22-7-4-5-10-26(22)35)37-30(21-11-13-24(33)14-12-21)31(23-8-6-9-25(34)16-23)43-28(32(37)40)17-29(38)39/h4-14,16,19-20,27-28,30-31H,15,17-18H2,1-3H3,(H,38,39)(H,41,42)/t20?,27-,28+,30-,31-/m1/s1. The van der Waals surface area contributed by atoms with E-state index >= 15 is 0 Å². The number of halogens is 3. The fourth-order valence-corrected chi connectivity index (χ4v) is 6.64. The van der Waals surface area contributed by atoms with Gasteiger partial charge in [-0.1, -0.05) is 79.5 Å². The molecule has 1 aliphatic rings. The Morgan fingerprint density at radius 2 is 1.70 bits per heavy atom. The van der Waals surface area contributed by atoms with Gasteiger partial charge in [-0.2, -0.15) is 4.31 Å². The summed E-state index contributed by atoms with van der Waals surface area (Å²) >= 11 is 10.1. The maximum atomic E-state index is 14.5. The van der Waals surface area contributed by atoms with E-state index in [4.69, 9.17) is 27.9 Å². The fourth-order valence-electron chi connectivity index (χ4n) is 5.65. The molecule has 3 aromatic carbocycles. The maximum Gasteiger partial charge on any atom is 0.306 e.